The van der Waals surface area contributed by atoms with Crippen LogP contribution in [0, 0.1) is 6.92 Å². The van der Waals surface area contributed by atoms with Crippen molar-refractivity contribution in [1.82, 2.24) is 0 Å². The van der Waals surface area contributed by atoms with Crippen LogP contribution >= 0.6 is 0 Å². The van der Waals surface area contributed by atoms with Gasteiger partial charge in [-0.1, -0.05) is 72.8 Å². The van der Waals surface area contributed by atoms with E-state index in [0.29, 0.717) is 6.42 Å². The highest BCUT2D eigenvalue weighted by Crippen LogP contribution is 2.43. The summed E-state index contributed by atoms with van der Waals surface area (Å²) in [5, 5.41) is 14.1. The zero-order chi connectivity index (χ0) is 21.8. The van der Waals surface area contributed by atoms with Crippen LogP contribution in [0.5, 0.6) is 11.5 Å². The molecule has 0 aliphatic carbocycles. The maximum atomic E-state index is 11.9. The number of aliphatic hydroxyl groups is 1. The number of hydrogen-bond acceptors (Lipinski definition) is 3. The molecule has 0 amide bonds. The van der Waals surface area contributed by atoms with Crippen LogP contribution in [0.2, 0.25) is 0 Å². The average Bonchev–Trinajstić information content (AvgIpc) is 2.79. The Bertz CT molecular complexity index is 1170. The molecule has 157 valence electrons. The Labute approximate surface area is 183 Å². The van der Waals surface area contributed by atoms with Crippen LogP contribution in [0.25, 0.3) is 10.8 Å². The molecule has 4 aromatic rings. The van der Waals surface area contributed by atoms with Crippen molar-refractivity contribution in [2.45, 2.75) is 17.9 Å². The highest BCUT2D eigenvalue weighted by Gasteiger charge is 2.37. The summed E-state index contributed by atoms with van der Waals surface area (Å²) in [4.78, 5) is 0. The zero-order valence-electron chi connectivity index (χ0n) is 17.9. The van der Waals surface area contributed by atoms with E-state index >= 15 is 0 Å². The average molecular weight is 412 g/mol. The molecule has 3 heteroatoms. The minimum Gasteiger partial charge on any atom is -0.497 e. The molecular formula is C28H27O3. The lowest BCUT2D eigenvalue weighted by atomic mass is 9.74. The first-order chi connectivity index (χ1) is 15.0. The van der Waals surface area contributed by atoms with Gasteiger partial charge in [-0.05, 0) is 47.0 Å². The molecule has 0 spiro atoms. The molecule has 0 aliphatic heterocycles. The first kappa shape index (κ1) is 21.0. The molecule has 0 heterocycles. The van der Waals surface area contributed by atoms with Gasteiger partial charge in [0.1, 0.15) is 11.5 Å². The van der Waals surface area contributed by atoms with Crippen molar-refractivity contribution in [2.75, 3.05) is 14.2 Å². The van der Waals surface area contributed by atoms with Crippen molar-refractivity contribution in [3.63, 3.8) is 0 Å². The summed E-state index contributed by atoms with van der Waals surface area (Å²) in [7, 11) is 3.30. The molecule has 2 unspecified atom stereocenters. The summed E-state index contributed by atoms with van der Waals surface area (Å²) in [5.41, 5.74) is 1.55. The van der Waals surface area contributed by atoms with Crippen molar-refractivity contribution in [1.29, 1.82) is 0 Å². The van der Waals surface area contributed by atoms with Crippen LogP contribution in [-0.2, 0) is 6.42 Å². The number of rotatable bonds is 7. The van der Waals surface area contributed by atoms with Crippen LogP contribution in [-0.4, -0.2) is 24.9 Å². The van der Waals surface area contributed by atoms with Crippen molar-refractivity contribution in [3.8, 4) is 11.5 Å². The number of para-hydroxylation sites is 1. The molecule has 0 bridgehead atoms. The van der Waals surface area contributed by atoms with Gasteiger partial charge < -0.3 is 14.6 Å². The quantitative estimate of drug-likeness (QED) is 0.418. The van der Waals surface area contributed by atoms with Gasteiger partial charge in [-0.15, -0.1) is 0 Å². The summed E-state index contributed by atoms with van der Waals surface area (Å²) in [6.45, 7) is 4.32. The Morgan fingerprint density at radius 2 is 1.48 bits per heavy atom. The third-order valence-electron chi connectivity index (χ3n) is 5.77. The number of hydrogen-bond donors (Lipinski definition) is 1. The standard InChI is InChI=1S/C28H27O3/c1-28(29,19-20-10-8-13-22(18-20)30-2)27(25-15-6-7-17-26(25)31-3)24-16-9-12-21-11-4-5-14-23(21)24/h4-18,27,29H,1,19H2,2-3H3. The van der Waals surface area contributed by atoms with Gasteiger partial charge in [0.2, 0.25) is 0 Å². The summed E-state index contributed by atoms with van der Waals surface area (Å²) in [6, 6.07) is 30.0. The second-order valence-corrected chi connectivity index (χ2v) is 7.88. The fourth-order valence-corrected chi connectivity index (χ4v) is 4.39. The second-order valence-electron chi connectivity index (χ2n) is 7.88. The molecule has 1 radical (unpaired) electrons. The minimum atomic E-state index is -1.33. The van der Waals surface area contributed by atoms with Gasteiger partial charge in [-0.3, -0.25) is 0 Å². The van der Waals surface area contributed by atoms with E-state index in [1.807, 2.05) is 66.7 Å². The van der Waals surface area contributed by atoms with Crippen LogP contribution in [0.4, 0.5) is 0 Å². The van der Waals surface area contributed by atoms with E-state index in [9.17, 15) is 5.11 Å². The molecule has 0 saturated carbocycles. The van der Waals surface area contributed by atoms with Crippen molar-refractivity contribution >= 4 is 10.8 Å². The highest BCUT2D eigenvalue weighted by molar-refractivity contribution is 5.87. The van der Waals surface area contributed by atoms with E-state index in [1.54, 1.807) is 14.2 Å². The van der Waals surface area contributed by atoms with E-state index in [2.05, 4.69) is 31.2 Å². The lowest BCUT2D eigenvalue weighted by Gasteiger charge is -2.35. The monoisotopic (exact) mass is 411 g/mol. The van der Waals surface area contributed by atoms with Crippen LogP contribution in [0.3, 0.4) is 0 Å². The van der Waals surface area contributed by atoms with E-state index in [1.165, 1.54) is 0 Å². The first-order valence-corrected chi connectivity index (χ1v) is 10.3. The molecule has 0 saturated heterocycles. The Hall–Kier alpha value is -3.30. The molecule has 0 aromatic heterocycles. The molecule has 0 fully saturated rings. The predicted octanol–water partition coefficient (Wildman–Crippen LogP) is 5.80. The maximum Gasteiger partial charge on any atom is 0.122 e. The minimum absolute atomic E-state index is 0.357. The van der Waals surface area contributed by atoms with E-state index < -0.39 is 11.5 Å². The normalized spacial score (nSPS) is 14.1. The number of methoxy groups -OCH3 is 2. The summed E-state index contributed by atoms with van der Waals surface area (Å²) in [6.07, 6.45) is 0.357. The van der Waals surface area contributed by atoms with Crippen molar-refractivity contribution < 1.29 is 14.6 Å². The summed E-state index contributed by atoms with van der Waals surface area (Å²) >= 11 is 0. The fraction of sp³-hybridized carbons (Fsp3) is 0.179. The smallest absolute Gasteiger partial charge is 0.122 e. The first-order valence-electron chi connectivity index (χ1n) is 10.3. The van der Waals surface area contributed by atoms with Crippen LogP contribution < -0.4 is 9.47 Å². The van der Waals surface area contributed by atoms with E-state index in [0.717, 1.165) is 39.0 Å². The molecule has 4 rings (SSSR count). The van der Waals surface area contributed by atoms with Crippen molar-refractivity contribution in [2.24, 2.45) is 0 Å². The third-order valence-corrected chi connectivity index (χ3v) is 5.77. The number of benzene rings is 4. The molecule has 0 aliphatic rings. The highest BCUT2D eigenvalue weighted by atomic mass is 16.5. The SMILES string of the molecule is [CH2]C(O)(Cc1cccc(OC)c1)C(c1ccccc1OC)c1cccc2ccccc12. The molecule has 31 heavy (non-hydrogen) atoms. The van der Waals surface area contributed by atoms with Gasteiger partial charge in [-0.2, -0.15) is 0 Å². The van der Waals surface area contributed by atoms with Gasteiger partial charge in [0.15, 0.2) is 0 Å². The van der Waals surface area contributed by atoms with Gasteiger partial charge >= 0.3 is 0 Å². The largest absolute Gasteiger partial charge is 0.497 e. The number of fused-ring (bicyclic) bond motifs is 1. The Balaban J connectivity index is 1.89. The van der Waals surface area contributed by atoms with E-state index in [-0.39, 0.29) is 0 Å². The van der Waals surface area contributed by atoms with Gasteiger partial charge in [0.25, 0.3) is 0 Å². The van der Waals surface area contributed by atoms with Crippen molar-refractivity contribution in [3.05, 3.63) is 115 Å². The Morgan fingerprint density at radius 1 is 0.806 bits per heavy atom. The van der Waals surface area contributed by atoms with Crippen LogP contribution in [0.1, 0.15) is 22.6 Å². The molecule has 1 N–H and O–H groups in total. The Kier molecular flexibility index (Phi) is 5.97. The lowest BCUT2D eigenvalue weighted by Crippen LogP contribution is -2.36. The Morgan fingerprint density at radius 3 is 2.29 bits per heavy atom. The molecular weight excluding hydrogens is 384 g/mol. The fourth-order valence-electron chi connectivity index (χ4n) is 4.39. The van der Waals surface area contributed by atoms with Gasteiger partial charge in [0, 0.05) is 17.9 Å². The predicted molar refractivity (Wildman–Crippen MR) is 126 cm³/mol. The zero-order valence-corrected chi connectivity index (χ0v) is 17.9. The summed E-state index contributed by atoms with van der Waals surface area (Å²) < 4.78 is 11.1. The third kappa shape index (κ3) is 4.28. The van der Waals surface area contributed by atoms with Gasteiger partial charge in [0.05, 0.1) is 19.8 Å². The second kappa shape index (κ2) is 8.83. The van der Waals surface area contributed by atoms with Gasteiger partial charge in [-0.25, -0.2) is 0 Å². The number of ether oxygens (including phenoxy) is 2. The lowest BCUT2D eigenvalue weighted by molar-refractivity contribution is 0.0701. The van der Waals surface area contributed by atoms with Crippen LogP contribution in [0.15, 0.2) is 91.0 Å². The van der Waals surface area contributed by atoms with E-state index in [4.69, 9.17) is 9.47 Å². The summed E-state index contributed by atoms with van der Waals surface area (Å²) in [5.74, 6) is 1.08. The topological polar surface area (TPSA) is 38.7 Å². The maximum absolute atomic E-state index is 11.9. The molecule has 4 aromatic carbocycles. The molecule has 3 nitrogen and oxygen atoms in total. The molecule has 2 atom stereocenters.